The Balaban J connectivity index is 2.54. The average molecular weight is 87.9 g/mol. The molecule has 0 bridgehead atoms. The third-order valence-electron chi connectivity index (χ3n) is 0.288. The van der Waals surface area contributed by atoms with Gasteiger partial charge in [-0.05, 0) is 14.7 Å². The van der Waals surface area contributed by atoms with Gasteiger partial charge in [0.25, 0.3) is 0 Å². The van der Waals surface area contributed by atoms with Crippen LogP contribution in [-0.4, -0.2) is 21.3 Å². The maximum absolute atomic E-state index is 5.13. The molecule has 0 aliphatic heterocycles. The molecular formula is C2H6BOP. The Hall–Kier alpha value is 0.455. The summed E-state index contributed by atoms with van der Waals surface area (Å²) in [4.78, 5) is 0. The standard InChI is InChI=1S/C2H6BOP/c1-4-5(2)3/h1-2H3. The second-order valence-corrected chi connectivity index (χ2v) is 2.19. The van der Waals surface area contributed by atoms with E-state index in [4.69, 9.17) is 7.57 Å². The number of hydrogen-bond acceptors (Lipinski definition) is 1. The van der Waals surface area contributed by atoms with Crippen LogP contribution in [0.2, 0.25) is 0 Å². The third kappa shape index (κ3) is 4.45. The average Bonchev–Trinajstić information content (AvgIpc) is 1.38. The van der Waals surface area contributed by atoms with E-state index in [1.165, 1.54) is 0 Å². The summed E-state index contributed by atoms with van der Waals surface area (Å²) in [6.45, 7) is 1.84. The quantitative estimate of drug-likeness (QED) is 0.339. The van der Waals surface area contributed by atoms with Gasteiger partial charge in [-0.25, -0.2) is 0 Å². The molecule has 3 heteroatoms. The van der Waals surface area contributed by atoms with Gasteiger partial charge in [-0.3, -0.25) is 0 Å². The van der Waals surface area contributed by atoms with Gasteiger partial charge in [0, 0.05) is 7.11 Å². The van der Waals surface area contributed by atoms with Crippen LogP contribution in [0.1, 0.15) is 0 Å². The van der Waals surface area contributed by atoms with Crippen LogP contribution in [0.15, 0.2) is 0 Å². The van der Waals surface area contributed by atoms with E-state index in [-0.39, 0.29) is 0 Å². The number of rotatable bonds is 1. The molecule has 0 fully saturated rings. The van der Waals surface area contributed by atoms with E-state index in [9.17, 15) is 0 Å². The summed E-state index contributed by atoms with van der Waals surface area (Å²) in [5.74, 6) is 0. The van der Waals surface area contributed by atoms with E-state index in [2.05, 4.69) is 4.52 Å². The topological polar surface area (TPSA) is 9.23 Å². The van der Waals surface area contributed by atoms with Gasteiger partial charge in [-0.1, -0.05) is 0 Å². The van der Waals surface area contributed by atoms with Crippen LogP contribution in [0.25, 0.3) is 0 Å². The minimum atomic E-state index is -0.598. The molecule has 0 spiro atoms. The molecule has 1 nitrogen and oxygen atoms in total. The Morgan fingerprint density at radius 2 is 2.00 bits per heavy atom. The van der Waals surface area contributed by atoms with E-state index in [0.717, 1.165) is 0 Å². The first-order valence-corrected chi connectivity index (χ1v) is 3.07. The van der Waals surface area contributed by atoms with Crippen molar-refractivity contribution < 1.29 is 4.52 Å². The normalized spacial score (nSPS) is 14.8. The third-order valence-corrected chi connectivity index (χ3v) is 0.864. The fourth-order valence-electron chi connectivity index (χ4n) is 0. The van der Waals surface area contributed by atoms with Crippen molar-refractivity contribution in [3.8, 4) is 0 Å². The molecule has 28 valence electrons. The van der Waals surface area contributed by atoms with Crippen molar-refractivity contribution in [2.24, 2.45) is 0 Å². The molecule has 0 aliphatic carbocycles. The predicted molar refractivity (Wildman–Crippen MR) is 25.6 cm³/mol. The highest BCUT2D eigenvalue weighted by molar-refractivity contribution is 7.77. The van der Waals surface area contributed by atoms with Crippen molar-refractivity contribution >= 4 is 15.6 Å². The van der Waals surface area contributed by atoms with Crippen LogP contribution >= 0.6 is 8.03 Å². The van der Waals surface area contributed by atoms with E-state index in [1.807, 2.05) is 6.66 Å². The van der Waals surface area contributed by atoms with Gasteiger partial charge < -0.3 is 4.52 Å². The molecule has 1 atom stereocenters. The van der Waals surface area contributed by atoms with E-state index in [0.29, 0.717) is 0 Å². The zero-order chi connectivity index (χ0) is 4.28. The molecule has 0 aromatic rings. The Kier molecular flexibility index (Phi) is 2.92. The summed E-state index contributed by atoms with van der Waals surface area (Å²) in [7, 11) is 6.14. The zero-order valence-electron chi connectivity index (χ0n) is 3.43. The molecule has 0 amide bonds. The van der Waals surface area contributed by atoms with Crippen molar-refractivity contribution in [3.63, 3.8) is 0 Å². The van der Waals surface area contributed by atoms with Crippen LogP contribution < -0.4 is 0 Å². The van der Waals surface area contributed by atoms with E-state index < -0.39 is 8.03 Å². The molecule has 1 unspecified atom stereocenters. The smallest absolute Gasteiger partial charge is 0.148 e. The first kappa shape index (κ1) is 5.45. The van der Waals surface area contributed by atoms with E-state index >= 15 is 0 Å². The predicted octanol–water partition coefficient (Wildman–Crippen LogP) is 0.743. The molecule has 0 aromatic carbocycles. The van der Waals surface area contributed by atoms with Gasteiger partial charge >= 0.3 is 0 Å². The van der Waals surface area contributed by atoms with E-state index in [1.54, 1.807) is 7.11 Å². The van der Waals surface area contributed by atoms with Crippen LogP contribution in [0.5, 0.6) is 0 Å². The molecule has 0 rings (SSSR count). The van der Waals surface area contributed by atoms with Gasteiger partial charge in [-0.15, -0.1) is 0 Å². The van der Waals surface area contributed by atoms with Crippen molar-refractivity contribution in [3.05, 3.63) is 0 Å². The first-order chi connectivity index (χ1) is 2.27. The van der Waals surface area contributed by atoms with Gasteiger partial charge in [0.15, 0.2) is 0 Å². The van der Waals surface area contributed by atoms with Crippen LogP contribution in [0, 0.1) is 0 Å². The Labute approximate surface area is 34.9 Å². The molecule has 0 aliphatic rings. The molecular weight excluding hydrogens is 81.8 g/mol. The summed E-state index contributed by atoms with van der Waals surface area (Å²) in [6.07, 6.45) is 0. The van der Waals surface area contributed by atoms with Gasteiger partial charge in [0.1, 0.15) is 7.57 Å². The summed E-state index contributed by atoms with van der Waals surface area (Å²) >= 11 is 0. The second-order valence-electron chi connectivity index (χ2n) is 0.729. The molecule has 0 saturated carbocycles. The molecule has 0 N–H and O–H groups in total. The summed E-state index contributed by atoms with van der Waals surface area (Å²) in [5.41, 5.74) is 0. The first-order valence-electron chi connectivity index (χ1n) is 1.30. The van der Waals surface area contributed by atoms with Crippen molar-refractivity contribution in [2.75, 3.05) is 13.8 Å². The number of hydrogen-bond donors (Lipinski definition) is 0. The lowest BCUT2D eigenvalue weighted by Gasteiger charge is -1.95. The molecule has 2 radical (unpaired) electrons. The Morgan fingerprint density at radius 3 is 2.00 bits per heavy atom. The molecule has 0 heterocycles. The lowest BCUT2D eigenvalue weighted by atomic mass is 10.8. The van der Waals surface area contributed by atoms with Gasteiger partial charge in [-0.2, -0.15) is 0 Å². The monoisotopic (exact) mass is 88.0 g/mol. The van der Waals surface area contributed by atoms with Crippen LogP contribution in [0.3, 0.4) is 0 Å². The molecule has 0 aromatic heterocycles. The van der Waals surface area contributed by atoms with Crippen molar-refractivity contribution in [1.82, 2.24) is 0 Å². The summed E-state index contributed by atoms with van der Waals surface area (Å²) in [6, 6.07) is 0. The summed E-state index contributed by atoms with van der Waals surface area (Å²) in [5, 5.41) is 0. The maximum atomic E-state index is 5.13. The Bertz CT molecular complexity index is 23.6. The lowest BCUT2D eigenvalue weighted by molar-refractivity contribution is 0.474. The molecule has 5 heavy (non-hydrogen) atoms. The van der Waals surface area contributed by atoms with Crippen molar-refractivity contribution in [1.29, 1.82) is 0 Å². The maximum Gasteiger partial charge on any atom is 0.148 e. The lowest BCUT2D eigenvalue weighted by Crippen LogP contribution is -1.67. The van der Waals surface area contributed by atoms with Crippen LogP contribution in [-0.2, 0) is 4.52 Å². The fraction of sp³-hybridized carbons (Fsp3) is 1.00. The fourth-order valence-corrected chi connectivity index (χ4v) is 0. The highest BCUT2D eigenvalue weighted by Crippen LogP contribution is 2.20. The highest BCUT2D eigenvalue weighted by Gasteiger charge is 1.78. The Morgan fingerprint density at radius 1 is 1.80 bits per heavy atom. The highest BCUT2D eigenvalue weighted by atomic mass is 31.1. The SMILES string of the molecule is [B]P(C)OC. The largest absolute Gasteiger partial charge is 0.374 e. The van der Waals surface area contributed by atoms with Gasteiger partial charge in [0.05, 0.1) is 0 Å². The molecule has 0 saturated heterocycles. The van der Waals surface area contributed by atoms with Gasteiger partial charge in [0.2, 0.25) is 0 Å². The van der Waals surface area contributed by atoms with Crippen LogP contribution in [0.4, 0.5) is 0 Å². The summed E-state index contributed by atoms with van der Waals surface area (Å²) < 4.78 is 4.59. The zero-order valence-corrected chi connectivity index (χ0v) is 4.33. The minimum Gasteiger partial charge on any atom is -0.374 e. The second kappa shape index (κ2) is 2.68. The minimum absolute atomic E-state index is 0.598. The van der Waals surface area contributed by atoms with Crippen molar-refractivity contribution in [2.45, 2.75) is 0 Å².